The van der Waals surface area contributed by atoms with Crippen LogP contribution >= 0.6 is 27.2 Å². The van der Waals surface area contributed by atoms with Crippen molar-refractivity contribution in [3.63, 3.8) is 0 Å². The Hall–Kier alpha value is 1.29. The van der Waals surface area contributed by atoms with Crippen LogP contribution in [0.4, 0.5) is 0 Å². The highest BCUT2D eigenvalue weighted by molar-refractivity contribution is 8.78. The fourth-order valence-electron chi connectivity index (χ4n) is 0.284. The molecular weight excluding hydrogens is 179 g/mol. The van der Waals surface area contributed by atoms with E-state index in [0.29, 0.717) is 0 Å². The lowest BCUT2D eigenvalue weighted by atomic mass is 11.0. The zero-order chi connectivity index (χ0) is 6.62. The topological polar surface area (TPSA) is 0 Å². The van der Waals surface area contributed by atoms with Crippen molar-refractivity contribution in [3.05, 3.63) is 0 Å². The van der Waals surface area contributed by atoms with Gasteiger partial charge in [0.2, 0.25) is 0 Å². The van der Waals surface area contributed by atoms with Crippen LogP contribution in [0.2, 0.25) is 0 Å². The van der Waals surface area contributed by atoms with E-state index in [0.717, 1.165) is 11.9 Å². The minimum atomic E-state index is -1.45. The van der Waals surface area contributed by atoms with Crippen LogP contribution in [0.15, 0.2) is 0 Å². The van der Waals surface area contributed by atoms with Crippen LogP contribution in [-0.4, -0.2) is 11.9 Å². The summed E-state index contributed by atoms with van der Waals surface area (Å²) in [6.07, 6.45) is 0.961. The summed E-state index contributed by atoms with van der Waals surface area (Å²) in [5.41, 5.74) is 0. The van der Waals surface area contributed by atoms with Crippen molar-refractivity contribution in [1.82, 2.24) is 0 Å². The van der Waals surface area contributed by atoms with Gasteiger partial charge in [-0.2, -0.15) is 0 Å². The van der Waals surface area contributed by atoms with Gasteiger partial charge < -0.3 is 0 Å². The lowest BCUT2D eigenvalue weighted by Gasteiger charge is -2.06. The van der Waals surface area contributed by atoms with Crippen LogP contribution < -0.4 is 0 Å². The molecule has 0 N–H and O–H groups in total. The molecule has 0 saturated heterocycles. The van der Waals surface area contributed by atoms with Crippen molar-refractivity contribution in [1.29, 1.82) is 0 Å². The van der Waals surface area contributed by atoms with Crippen molar-refractivity contribution in [2.45, 2.75) is 13.8 Å². The highest BCUT2D eigenvalue weighted by Gasteiger charge is 2.07. The molecule has 0 bridgehead atoms. The molecule has 4 heteroatoms. The molecule has 0 radical (unpaired) electrons. The van der Waals surface area contributed by atoms with Crippen LogP contribution in [0, 0.1) is 0 Å². The molecule has 0 spiro atoms. The third-order valence-corrected chi connectivity index (χ3v) is 8.12. The van der Waals surface area contributed by atoms with Crippen molar-refractivity contribution >= 4 is 39.0 Å². The Kier molecular flexibility index (Phi) is 4.83. The minimum absolute atomic E-state index is 0.961. The fourth-order valence-corrected chi connectivity index (χ4v) is 4.38. The van der Waals surface area contributed by atoms with E-state index in [4.69, 9.17) is 23.0 Å². The van der Waals surface area contributed by atoms with Gasteiger partial charge in [-0.1, -0.05) is 36.9 Å². The first-order valence-corrected chi connectivity index (χ1v) is 8.04. The SMILES string of the molecule is CCSP(=S)(Cl)CC. The smallest absolute Gasteiger partial charge is 0.0886 e. The maximum absolute atomic E-state index is 5.91. The first-order chi connectivity index (χ1) is 3.62. The largest absolute Gasteiger partial charge is 0.110 e. The summed E-state index contributed by atoms with van der Waals surface area (Å²) in [5.74, 6) is 1.05. The molecule has 8 heavy (non-hydrogen) atoms. The predicted octanol–water partition coefficient (Wildman–Crippen LogP) is 3.31. The lowest BCUT2D eigenvalue weighted by molar-refractivity contribution is 1.52. The molecule has 0 nitrogen and oxygen atoms in total. The van der Waals surface area contributed by atoms with Crippen LogP contribution in [0.5, 0.6) is 0 Å². The molecule has 0 heterocycles. The molecule has 0 aromatic carbocycles. The standard InChI is InChI=1S/C4H10ClPS2/c1-3-6(5,7)8-4-2/h3-4H2,1-2H3. The Morgan fingerprint density at radius 3 is 2.25 bits per heavy atom. The normalized spacial score (nSPS) is 17.9. The molecule has 1 unspecified atom stereocenters. The summed E-state index contributed by atoms with van der Waals surface area (Å²) >= 11 is 12.7. The van der Waals surface area contributed by atoms with E-state index < -0.39 is 4.59 Å². The van der Waals surface area contributed by atoms with Gasteiger partial charge in [-0.15, -0.1) is 11.4 Å². The molecular formula is C4H10ClPS2. The minimum Gasteiger partial charge on any atom is -0.110 e. The van der Waals surface area contributed by atoms with E-state index in [1.807, 2.05) is 0 Å². The van der Waals surface area contributed by atoms with Crippen molar-refractivity contribution in [2.75, 3.05) is 11.9 Å². The predicted molar refractivity (Wildman–Crippen MR) is 48.8 cm³/mol. The second kappa shape index (κ2) is 4.16. The molecule has 1 atom stereocenters. The maximum atomic E-state index is 5.91. The third-order valence-electron chi connectivity index (χ3n) is 0.700. The molecule has 0 aromatic heterocycles. The lowest BCUT2D eigenvalue weighted by Crippen LogP contribution is -1.69. The Morgan fingerprint density at radius 1 is 1.62 bits per heavy atom. The van der Waals surface area contributed by atoms with Crippen LogP contribution in [-0.2, 0) is 11.8 Å². The van der Waals surface area contributed by atoms with E-state index >= 15 is 0 Å². The first kappa shape index (κ1) is 9.29. The van der Waals surface area contributed by atoms with Gasteiger partial charge in [0.25, 0.3) is 0 Å². The Labute approximate surface area is 64.9 Å². The molecule has 0 fully saturated rings. The average molecular weight is 189 g/mol. The molecule has 0 amide bonds. The van der Waals surface area contributed by atoms with Crippen molar-refractivity contribution < 1.29 is 0 Å². The van der Waals surface area contributed by atoms with Crippen molar-refractivity contribution in [3.8, 4) is 0 Å². The summed E-state index contributed by atoms with van der Waals surface area (Å²) < 4.78 is -1.45. The molecule has 0 aliphatic heterocycles. The summed E-state index contributed by atoms with van der Waals surface area (Å²) in [7, 11) is 0. The highest BCUT2D eigenvalue weighted by Crippen LogP contribution is 2.62. The number of hydrogen-bond donors (Lipinski definition) is 0. The van der Waals surface area contributed by atoms with Crippen LogP contribution in [0.3, 0.4) is 0 Å². The Balaban J connectivity index is 3.55. The maximum Gasteiger partial charge on any atom is 0.0886 e. The molecule has 0 aromatic rings. The second-order valence-corrected chi connectivity index (χ2v) is 12.1. The number of rotatable bonds is 3. The Morgan fingerprint density at radius 2 is 2.12 bits per heavy atom. The third kappa shape index (κ3) is 4.20. The zero-order valence-electron chi connectivity index (χ0n) is 5.06. The number of halogens is 1. The highest BCUT2D eigenvalue weighted by atomic mass is 35.7. The Bertz CT molecular complexity index is 104. The van der Waals surface area contributed by atoms with Gasteiger partial charge in [-0.25, -0.2) is 0 Å². The van der Waals surface area contributed by atoms with E-state index in [9.17, 15) is 0 Å². The first-order valence-electron chi connectivity index (χ1n) is 2.55. The fraction of sp³-hybridized carbons (Fsp3) is 1.00. The molecule has 0 aliphatic rings. The van der Waals surface area contributed by atoms with Crippen LogP contribution in [0.25, 0.3) is 0 Å². The molecule has 0 saturated carbocycles. The average Bonchev–Trinajstić information content (AvgIpc) is 1.67. The molecule has 50 valence electrons. The zero-order valence-corrected chi connectivity index (χ0v) is 8.34. The summed E-state index contributed by atoms with van der Waals surface area (Å²) in [4.78, 5) is 0. The quantitative estimate of drug-likeness (QED) is 0.624. The van der Waals surface area contributed by atoms with Gasteiger partial charge in [0, 0.05) is 0 Å². The van der Waals surface area contributed by atoms with E-state index in [2.05, 4.69) is 13.8 Å². The van der Waals surface area contributed by atoms with Gasteiger partial charge in [-0.3, -0.25) is 0 Å². The molecule has 0 rings (SSSR count). The van der Waals surface area contributed by atoms with Gasteiger partial charge in [0.1, 0.15) is 0 Å². The van der Waals surface area contributed by atoms with E-state index in [1.165, 1.54) is 0 Å². The summed E-state index contributed by atoms with van der Waals surface area (Å²) in [6.45, 7) is 4.14. The monoisotopic (exact) mass is 188 g/mol. The second-order valence-electron chi connectivity index (χ2n) is 1.32. The number of hydrogen-bond acceptors (Lipinski definition) is 2. The van der Waals surface area contributed by atoms with E-state index in [-0.39, 0.29) is 0 Å². The van der Waals surface area contributed by atoms with Gasteiger partial charge in [-0.05, 0) is 11.9 Å². The van der Waals surface area contributed by atoms with Gasteiger partial charge >= 0.3 is 0 Å². The van der Waals surface area contributed by atoms with E-state index in [1.54, 1.807) is 11.4 Å². The van der Waals surface area contributed by atoms with Crippen molar-refractivity contribution in [2.24, 2.45) is 0 Å². The summed E-state index contributed by atoms with van der Waals surface area (Å²) in [6, 6.07) is 0. The van der Waals surface area contributed by atoms with Gasteiger partial charge in [0.05, 0.1) is 4.59 Å². The summed E-state index contributed by atoms with van der Waals surface area (Å²) in [5, 5.41) is 0. The van der Waals surface area contributed by atoms with Crippen LogP contribution in [0.1, 0.15) is 13.8 Å². The van der Waals surface area contributed by atoms with Gasteiger partial charge in [0.15, 0.2) is 0 Å². The molecule has 0 aliphatic carbocycles.